The maximum atomic E-state index is 12.2. The minimum Gasteiger partial charge on any atom is -0.378 e. The highest BCUT2D eigenvalue weighted by Crippen LogP contribution is 2.11. The molecule has 0 aromatic carbocycles. The minimum absolute atomic E-state index is 0.0427. The van der Waals surface area contributed by atoms with Crippen molar-refractivity contribution in [3.8, 4) is 0 Å². The van der Waals surface area contributed by atoms with Crippen molar-refractivity contribution in [2.75, 3.05) is 26.3 Å². The summed E-state index contributed by atoms with van der Waals surface area (Å²) in [5.74, 6) is 0.534. The Morgan fingerprint density at radius 1 is 1.28 bits per heavy atom. The first-order valence-electron chi connectivity index (χ1n) is 6.44. The SMILES string of the molecule is C=C/C(=C\C=C(/C)C(C)C)C(=O)N1CCOCC1. The molecule has 0 unspecified atom stereocenters. The lowest BCUT2D eigenvalue weighted by molar-refractivity contribution is -0.130. The number of allylic oxidation sites excluding steroid dienone is 3. The highest BCUT2D eigenvalue weighted by atomic mass is 16.5. The van der Waals surface area contributed by atoms with Gasteiger partial charge < -0.3 is 9.64 Å². The number of rotatable bonds is 4. The molecule has 0 aliphatic carbocycles. The van der Waals surface area contributed by atoms with Crippen LogP contribution >= 0.6 is 0 Å². The highest BCUT2D eigenvalue weighted by Gasteiger charge is 2.18. The lowest BCUT2D eigenvalue weighted by Crippen LogP contribution is -2.41. The number of nitrogens with zero attached hydrogens (tertiary/aromatic N) is 1. The molecule has 100 valence electrons. The Morgan fingerprint density at radius 2 is 1.89 bits per heavy atom. The molecule has 0 saturated carbocycles. The highest BCUT2D eigenvalue weighted by molar-refractivity contribution is 5.96. The van der Waals surface area contributed by atoms with Crippen LogP contribution in [-0.4, -0.2) is 37.1 Å². The van der Waals surface area contributed by atoms with Crippen LogP contribution in [0.4, 0.5) is 0 Å². The van der Waals surface area contributed by atoms with Crippen molar-refractivity contribution in [1.29, 1.82) is 0 Å². The van der Waals surface area contributed by atoms with Gasteiger partial charge in [-0.3, -0.25) is 4.79 Å². The van der Waals surface area contributed by atoms with E-state index >= 15 is 0 Å². The number of ether oxygens (including phenoxy) is 1. The first kappa shape index (κ1) is 14.7. The minimum atomic E-state index is 0.0427. The largest absolute Gasteiger partial charge is 0.378 e. The van der Waals surface area contributed by atoms with Crippen LogP contribution in [0.3, 0.4) is 0 Å². The maximum Gasteiger partial charge on any atom is 0.253 e. The molecule has 0 atom stereocenters. The van der Waals surface area contributed by atoms with Crippen molar-refractivity contribution < 1.29 is 9.53 Å². The van der Waals surface area contributed by atoms with E-state index in [1.54, 1.807) is 6.08 Å². The van der Waals surface area contributed by atoms with E-state index in [-0.39, 0.29) is 5.91 Å². The van der Waals surface area contributed by atoms with Crippen molar-refractivity contribution >= 4 is 5.91 Å². The second-order valence-electron chi connectivity index (χ2n) is 4.80. The van der Waals surface area contributed by atoms with Crippen LogP contribution in [-0.2, 0) is 9.53 Å². The molecule has 0 N–H and O–H groups in total. The summed E-state index contributed by atoms with van der Waals surface area (Å²) in [5, 5.41) is 0. The quantitative estimate of drug-likeness (QED) is 0.566. The lowest BCUT2D eigenvalue weighted by atomic mass is 10.0. The topological polar surface area (TPSA) is 29.5 Å². The summed E-state index contributed by atoms with van der Waals surface area (Å²) >= 11 is 0. The van der Waals surface area contributed by atoms with Gasteiger partial charge in [0.15, 0.2) is 0 Å². The van der Waals surface area contributed by atoms with Gasteiger partial charge in [-0.05, 0) is 18.9 Å². The second kappa shape index (κ2) is 7.17. The summed E-state index contributed by atoms with van der Waals surface area (Å²) in [6.45, 7) is 12.6. The Balaban J connectivity index is 2.76. The van der Waals surface area contributed by atoms with Crippen LogP contribution < -0.4 is 0 Å². The predicted molar refractivity (Wildman–Crippen MR) is 74.3 cm³/mol. The predicted octanol–water partition coefficient (Wildman–Crippen LogP) is 2.56. The van der Waals surface area contributed by atoms with Crippen LogP contribution in [0.15, 0.2) is 36.0 Å². The molecule has 0 bridgehead atoms. The van der Waals surface area contributed by atoms with Gasteiger partial charge in [-0.25, -0.2) is 0 Å². The van der Waals surface area contributed by atoms with E-state index < -0.39 is 0 Å². The smallest absolute Gasteiger partial charge is 0.253 e. The Hall–Kier alpha value is -1.35. The third kappa shape index (κ3) is 4.15. The summed E-state index contributed by atoms with van der Waals surface area (Å²) in [6.07, 6.45) is 5.49. The Kier molecular flexibility index (Phi) is 5.86. The Labute approximate surface area is 110 Å². The summed E-state index contributed by atoms with van der Waals surface area (Å²) in [6, 6.07) is 0. The number of hydrogen-bond acceptors (Lipinski definition) is 2. The molecule has 1 aliphatic rings. The van der Waals surface area contributed by atoms with Crippen LogP contribution in [0, 0.1) is 5.92 Å². The molecule has 3 heteroatoms. The molecule has 0 spiro atoms. The standard InChI is InChI=1S/C15H23NO2/c1-5-14(7-6-13(4)12(2)3)15(17)16-8-10-18-11-9-16/h5-7,12H,1,8-11H2,2-4H3/b13-6+,14-7+. The third-order valence-electron chi connectivity index (χ3n) is 3.20. The van der Waals surface area contributed by atoms with Gasteiger partial charge in [0.1, 0.15) is 0 Å². The zero-order valence-corrected chi connectivity index (χ0v) is 11.6. The average Bonchev–Trinajstić information content (AvgIpc) is 2.39. The fourth-order valence-electron chi connectivity index (χ4n) is 1.59. The lowest BCUT2D eigenvalue weighted by Gasteiger charge is -2.27. The number of hydrogen-bond donors (Lipinski definition) is 0. The summed E-state index contributed by atoms with van der Waals surface area (Å²) in [5.41, 5.74) is 1.90. The third-order valence-corrected chi connectivity index (χ3v) is 3.20. The average molecular weight is 249 g/mol. The Bertz CT molecular complexity index is 361. The normalized spacial score (nSPS) is 18.1. The molecule has 0 aromatic heterocycles. The fourth-order valence-corrected chi connectivity index (χ4v) is 1.59. The van der Waals surface area contributed by atoms with Gasteiger partial charge in [0, 0.05) is 18.7 Å². The molecule has 1 amide bonds. The summed E-state index contributed by atoms with van der Waals surface area (Å²) < 4.78 is 5.24. The molecule has 3 nitrogen and oxygen atoms in total. The van der Waals surface area contributed by atoms with Crippen LogP contribution in [0.2, 0.25) is 0 Å². The van der Waals surface area contributed by atoms with E-state index in [4.69, 9.17) is 4.74 Å². The van der Waals surface area contributed by atoms with Crippen molar-refractivity contribution in [2.24, 2.45) is 5.92 Å². The van der Waals surface area contributed by atoms with Crippen LogP contribution in [0.5, 0.6) is 0 Å². The number of amides is 1. The van der Waals surface area contributed by atoms with Gasteiger partial charge >= 0.3 is 0 Å². The van der Waals surface area contributed by atoms with Gasteiger partial charge in [-0.1, -0.05) is 38.2 Å². The fraction of sp³-hybridized carbons (Fsp3) is 0.533. The first-order valence-corrected chi connectivity index (χ1v) is 6.44. The van der Waals surface area contributed by atoms with Crippen molar-refractivity contribution in [2.45, 2.75) is 20.8 Å². The van der Waals surface area contributed by atoms with E-state index in [0.29, 0.717) is 37.8 Å². The van der Waals surface area contributed by atoms with Gasteiger partial charge in [0.25, 0.3) is 5.91 Å². The van der Waals surface area contributed by atoms with Crippen molar-refractivity contribution in [3.05, 3.63) is 36.0 Å². The van der Waals surface area contributed by atoms with Gasteiger partial charge in [-0.15, -0.1) is 0 Å². The molecule has 1 rings (SSSR count). The first-order chi connectivity index (χ1) is 8.56. The maximum absolute atomic E-state index is 12.2. The number of carbonyl (C=O) groups is 1. The van der Waals surface area contributed by atoms with E-state index in [1.807, 2.05) is 17.1 Å². The molecule has 1 saturated heterocycles. The molecular formula is C15H23NO2. The Morgan fingerprint density at radius 3 is 2.39 bits per heavy atom. The molecule has 0 aromatic rings. The second-order valence-corrected chi connectivity index (χ2v) is 4.80. The molecule has 0 radical (unpaired) electrons. The van der Waals surface area contributed by atoms with E-state index in [0.717, 1.165) is 0 Å². The van der Waals surface area contributed by atoms with Crippen molar-refractivity contribution in [1.82, 2.24) is 4.90 Å². The molecule has 1 heterocycles. The van der Waals surface area contributed by atoms with E-state index in [2.05, 4.69) is 27.4 Å². The molecular weight excluding hydrogens is 226 g/mol. The van der Waals surface area contributed by atoms with Crippen LogP contribution in [0.25, 0.3) is 0 Å². The van der Waals surface area contributed by atoms with E-state index in [9.17, 15) is 4.79 Å². The number of morpholine rings is 1. The zero-order valence-electron chi connectivity index (χ0n) is 11.6. The van der Waals surface area contributed by atoms with Crippen LogP contribution in [0.1, 0.15) is 20.8 Å². The van der Waals surface area contributed by atoms with Crippen molar-refractivity contribution in [3.63, 3.8) is 0 Å². The van der Waals surface area contributed by atoms with Gasteiger partial charge in [0.2, 0.25) is 0 Å². The zero-order chi connectivity index (χ0) is 13.5. The molecule has 1 fully saturated rings. The monoisotopic (exact) mass is 249 g/mol. The van der Waals surface area contributed by atoms with Gasteiger partial charge in [0.05, 0.1) is 13.2 Å². The molecule has 1 aliphatic heterocycles. The number of carbonyl (C=O) groups excluding carboxylic acids is 1. The van der Waals surface area contributed by atoms with Gasteiger partial charge in [-0.2, -0.15) is 0 Å². The summed E-state index contributed by atoms with van der Waals surface area (Å²) in [7, 11) is 0. The molecule has 18 heavy (non-hydrogen) atoms. The summed E-state index contributed by atoms with van der Waals surface area (Å²) in [4.78, 5) is 14.0. The van der Waals surface area contributed by atoms with E-state index in [1.165, 1.54) is 5.57 Å².